The third-order valence-corrected chi connectivity index (χ3v) is 25.3. The summed E-state index contributed by atoms with van der Waals surface area (Å²) in [7, 11) is -8.24. The van der Waals surface area contributed by atoms with E-state index in [4.69, 9.17) is 19.3 Å². The molecule has 1 heterocycles. The summed E-state index contributed by atoms with van der Waals surface area (Å²) in [6.45, 7) is 14.2. The Morgan fingerprint density at radius 3 is 1.50 bits per heavy atom. The Labute approximate surface area is 453 Å². The fourth-order valence-electron chi connectivity index (χ4n) is 19.9. The number of nitrogens with one attached hydrogen (secondary N) is 4. The Hall–Kier alpha value is -2.74. The lowest BCUT2D eigenvalue weighted by Gasteiger charge is -2.62. The third kappa shape index (κ3) is 11.7. The molecule has 76 heavy (non-hydrogen) atoms. The molecule has 4 amide bonds. The normalized spacial score (nSPS) is 41.7. The predicted octanol–water partition coefficient (Wildman–Crippen LogP) is 8.03. The summed E-state index contributed by atoms with van der Waals surface area (Å²) in [6.07, 6.45) is 19.2. The Kier molecular flexibility index (Phi) is 16.7. The highest BCUT2D eigenvalue weighted by atomic mass is 32.2. The van der Waals surface area contributed by atoms with Gasteiger partial charge in [0.15, 0.2) is 5.66 Å². The highest BCUT2D eigenvalue weighted by molar-refractivity contribution is 7.86. The molecule has 0 bridgehead atoms. The second kappa shape index (κ2) is 22.0. The van der Waals surface area contributed by atoms with Crippen molar-refractivity contribution in [1.82, 2.24) is 21.3 Å². The Balaban J connectivity index is 0.699. The van der Waals surface area contributed by atoms with Crippen molar-refractivity contribution in [3.05, 3.63) is 0 Å². The van der Waals surface area contributed by atoms with E-state index in [1.165, 1.54) is 0 Å². The molecule has 0 aromatic heterocycles. The molecule has 9 aliphatic rings. The van der Waals surface area contributed by atoms with Gasteiger partial charge in [-0.15, -0.1) is 0 Å². The zero-order valence-corrected chi connectivity index (χ0v) is 48.2. The molecule has 9 rings (SSSR count). The van der Waals surface area contributed by atoms with Crippen molar-refractivity contribution in [2.45, 2.75) is 213 Å². The van der Waals surface area contributed by atoms with Gasteiger partial charge in [0.25, 0.3) is 20.2 Å². The Morgan fingerprint density at radius 1 is 0.553 bits per heavy atom. The molecule has 430 valence electrons. The first-order valence-corrected chi connectivity index (χ1v) is 33.0. The smallest absolute Gasteiger partial charge is 0.266 e. The van der Waals surface area contributed by atoms with Gasteiger partial charge in [0.05, 0.1) is 17.6 Å². The van der Waals surface area contributed by atoms with Gasteiger partial charge < -0.3 is 26.4 Å². The van der Waals surface area contributed by atoms with Crippen LogP contribution in [0.3, 0.4) is 0 Å². The lowest BCUT2D eigenvalue weighted by molar-refractivity contribution is -0.167. The number of carbonyl (C=O) groups excluding carboxylic acids is 4. The summed E-state index contributed by atoms with van der Waals surface area (Å²) in [5, 5.41) is 33.8. The molecule has 8 fully saturated rings. The molecule has 0 aromatic carbocycles. The molecule has 8 saturated carbocycles. The maximum absolute atomic E-state index is 13.5. The number of aliphatic hydroxyl groups is 1. The average Bonchev–Trinajstić information content (AvgIpc) is 3.89. The fourth-order valence-corrected chi connectivity index (χ4v) is 20.6. The second-order valence-electron chi connectivity index (χ2n) is 27.7. The topological polar surface area (TPSA) is 270 Å². The van der Waals surface area contributed by atoms with Crippen LogP contribution in [0, 0.1) is 92.7 Å². The van der Waals surface area contributed by atoms with Crippen molar-refractivity contribution in [3.8, 4) is 0 Å². The highest BCUT2D eigenvalue weighted by Gasteiger charge is 2.71. The average molecular weight is 1100 g/mol. The van der Waals surface area contributed by atoms with Gasteiger partial charge >= 0.3 is 0 Å². The first-order valence-electron chi connectivity index (χ1n) is 29.8. The van der Waals surface area contributed by atoms with E-state index in [9.17, 15) is 41.1 Å². The number of amides is 4. The molecular weight excluding hydrogens is 1010 g/mol. The van der Waals surface area contributed by atoms with Crippen LogP contribution < -0.4 is 21.3 Å². The molecule has 19 heteroatoms. The van der Waals surface area contributed by atoms with E-state index in [1.54, 1.807) is 0 Å². The van der Waals surface area contributed by atoms with Crippen molar-refractivity contribution < 1.29 is 50.2 Å². The first kappa shape index (κ1) is 57.9. The van der Waals surface area contributed by atoms with E-state index >= 15 is 0 Å². The van der Waals surface area contributed by atoms with Gasteiger partial charge in [-0.2, -0.15) is 27.1 Å². The minimum Gasteiger partial charge on any atom is -0.393 e. The predicted molar refractivity (Wildman–Crippen MR) is 288 cm³/mol. The van der Waals surface area contributed by atoms with Crippen molar-refractivity contribution in [1.29, 1.82) is 0 Å². The zero-order valence-electron chi connectivity index (χ0n) is 46.6. The molecule has 8 aliphatic carbocycles. The molecule has 0 aromatic rings. The minimum atomic E-state index is -4.12. The molecule has 19 atom stereocenters. The summed E-state index contributed by atoms with van der Waals surface area (Å²) in [4.78, 5) is 52.0. The van der Waals surface area contributed by atoms with Crippen molar-refractivity contribution in [2.75, 3.05) is 24.6 Å². The molecule has 7 N–H and O–H groups in total. The summed E-state index contributed by atoms with van der Waals surface area (Å²) in [6, 6.07) is 0.166. The molecule has 1 spiro atoms. The van der Waals surface area contributed by atoms with Crippen molar-refractivity contribution in [3.63, 3.8) is 0 Å². The lowest BCUT2D eigenvalue weighted by atomic mass is 9.42. The van der Waals surface area contributed by atoms with Crippen molar-refractivity contribution >= 4 is 43.9 Å². The third-order valence-electron chi connectivity index (χ3n) is 23.8. The summed E-state index contributed by atoms with van der Waals surface area (Å²) < 4.78 is 62.3. The lowest BCUT2D eigenvalue weighted by Crippen LogP contribution is -2.60. The van der Waals surface area contributed by atoms with Crippen LogP contribution in [0.25, 0.3) is 0 Å². The van der Waals surface area contributed by atoms with Gasteiger partial charge in [-0.05, 0) is 202 Å². The molecule has 0 radical (unpaired) electrons. The van der Waals surface area contributed by atoms with E-state index in [0.29, 0.717) is 104 Å². The molecular formula is C57H94N6O11S2. The van der Waals surface area contributed by atoms with E-state index in [1.807, 2.05) is 0 Å². The molecule has 5 unspecified atom stereocenters. The molecule has 1 aliphatic heterocycles. The fraction of sp³-hybridized carbons (Fsp3) is 0.930. The Morgan fingerprint density at radius 2 is 0.987 bits per heavy atom. The number of fused-ring (bicyclic) bond motifs is 11. The van der Waals surface area contributed by atoms with Crippen LogP contribution in [0.4, 0.5) is 0 Å². The number of aliphatic hydroxyl groups excluding tert-OH is 1. The monoisotopic (exact) mass is 1100 g/mol. The second-order valence-corrected chi connectivity index (χ2v) is 30.9. The van der Waals surface area contributed by atoms with E-state index in [2.05, 4.69) is 62.8 Å². The molecule has 0 saturated heterocycles. The Bertz CT molecular complexity index is 2440. The van der Waals surface area contributed by atoms with Crippen LogP contribution in [0.5, 0.6) is 0 Å². The van der Waals surface area contributed by atoms with Gasteiger partial charge in [-0.3, -0.25) is 28.3 Å². The van der Waals surface area contributed by atoms with Crippen LogP contribution in [-0.4, -0.2) is 103 Å². The van der Waals surface area contributed by atoms with Crippen LogP contribution >= 0.6 is 0 Å². The summed E-state index contributed by atoms with van der Waals surface area (Å²) in [5.74, 6) is 3.57. The van der Waals surface area contributed by atoms with Gasteiger partial charge in [-0.1, -0.05) is 41.5 Å². The zero-order chi connectivity index (χ0) is 54.8. The highest BCUT2D eigenvalue weighted by Crippen LogP contribution is 2.73. The van der Waals surface area contributed by atoms with Gasteiger partial charge in [0.1, 0.15) is 0 Å². The van der Waals surface area contributed by atoms with E-state index < -0.39 is 31.7 Å². The van der Waals surface area contributed by atoms with Gasteiger partial charge in [-0.25, -0.2) is 0 Å². The first-order chi connectivity index (χ1) is 35.7. The van der Waals surface area contributed by atoms with Gasteiger partial charge in [0, 0.05) is 63.2 Å². The summed E-state index contributed by atoms with van der Waals surface area (Å²) >= 11 is 0. The largest absolute Gasteiger partial charge is 0.393 e. The minimum absolute atomic E-state index is 0.00344. The number of rotatable bonds is 20. The van der Waals surface area contributed by atoms with Crippen LogP contribution in [0.2, 0.25) is 0 Å². The SMILES string of the molecule is C[C@H](CCC(=O)NCCS(=O)(=O)O)C1CC[C@@H]2C3[C@@H](CC[C@]12C)[C@@]1(C)CC[C@@H](NC(=O)CCCC(=O)N[C@H]2CC[C@]4(C)C(C2)C[C@@H](O)C2[C@@H]5CC[C@@H]([C@@H](C)CCC(=O)NCCS(=O)(=O)O)[C@]5(C)CC[C@@H]24)CC1CC31N=N1. The molecule has 17 nitrogen and oxygen atoms in total. The number of hydrogen-bond donors (Lipinski definition) is 7. The van der Waals surface area contributed by atoms with Crippen LogP contribution in [0.15, 0.2) is 10.2 Å². The standard InChI is InChI=1S/C57H94N6O11S2/c1-34(10-16-47(65)58-26-28-75(69,70)71)40-12-14-42-51-43(20-24-55(40,42)5)53(3)22-18-38(30-36(53)32-46(51)64)60-49(67)8-7-9-50(68)61-39-19-23-54(4)37(31-39)33-57(62-63-57)52-44-15-13-41(56(44,6)25-21-45(52)54)35(2)11-17-48(66)59-27-29-76(72,73)74/h34-46,51-52,64H,7-33H2,1-6H3,(H,58,65)(H,59,66)(H,60,67)(H,61,68)(H,69,70,71)(H,72,73,74)/t34-,35+,36?,37?,38-,39+,40-,41?,42-,43-,44+,45+,46+,51?,52?,53+,54-,55-,56+/m0/s1. The number of nitrogens with zero attached hydrogens (tertiary/aromatic N) is 2. The van der Waals surface area contributed by atoms with E-state index in [-0.39, 0.29) is 88.1 Å². The van der Waals surface area contributed by atoms with Crippen molar-refractivity contribution in [2.24, 2.45) is 103 Å². The van der Waals surface area contributed by atoms with Gasteiger partial charge in [0.2, 0.25) is 23.6 Å². The van der Waals surface area contributed by atoms with E-state index in [0.717, 1.165) is 109 Å². The number of carbonyl (C=O) groups is 4. The van der Waals surface area contributed by atoms with Crippen LogP contribution in [0.1, 0.15) is 189 Å². The quantitative estimate of drug-likeness (QED) is 0.0574. The summed E-state index contributed by atoms with van der Waals surface area (Å²) in [5.41, 5.74) is 0.167. The van der Waals surface area contributed by atoms with Crippen LogP contribution in [-0.2, 0) is 39.4 Å². The maximum atomic E-state index is 13.5. The maximum Gasteiger partial charge on any atom is 0.266 e. The number of hydrogen-bond acceptors (Lipinski definition) is 11.